The molecule has 0 bridgehead atoms. The largest absolute Gasteiger partial charge is 0.478 e. The van der Waals surface area contributed by atoms with Crippen molar-refractivity contribution >= 4 is 11.7 Å². The van der Waals surface area contributed by atoms with Crippen LogP contribution >= 0.6 is 0 Å². The highest BCUT2D eigenvalue weighted by Gasteiger charge is 2.17. The molecule has 1 fully saturated rings. The fourth-order valence-electron chi connectivity index (χ4n) is 2.54. The Morgan fingerprint density at radius 1 is 1.40 bits per heavy atom. The molecule has 2 rings (SSSR count). The lowest BCUT2D eigenvalue weighted by Crippen LogP contribution is -2.41. The first kappa shape index (κ1) is 14.8. The minimum Gasteiger partial charge on any atom is -0.478 e. The Morgan fingerprint density at radius 2 is 2.10 bits per heavy atom. The van der Waals surface area contributed by atoms with E-state index in [4.69, 9.17) is 5.11 Å². The number of aromatic carboxylic acids is 1. The number of piperidine rings is 1. The molecule has 1 saturated heterocycles. The van der Waals surface area contributed by atoms with E-state index in [-0.39, 0.29) is 5.56 Å². The number of benzene rings is 1. The van der Waals surface area contributed by atoms with Crippen molar-refractivity contribution in [2.75, 3.05) is 25.0 Å². The quantitative estimate of drug-likeness (QED) is 0.871. The Bertz CT molecular complexity index is 473. The van der Waals surface area contributed by atoms with Gasteiger partial charge in [-0.05, 0) is 51.1 Å². The smallest absolute Gasteiger partial charge is 0.335 e. The summed E-state index contributed by atoms with van der Waals surface area (Å²) in [7, 11) is 0. The van der Waals surface area contributed by atoms with Crippen molar-refractivity contribution in [3.8, 4) is 0 Å². The summed E-state index contributed by atoms with van der Waals surface area (Å²) in [6.07, 6.45) is 3.75. The van der Waals surface area contributed by atoms with Crippen molar-refractivity contribution in [3.05, 3.63) is 29.6 Å². The van der Waals surface area contributed by atoms with E-state index in [1.165, 1.54) is 31.4 Å². The summed E-state index contributed by atoms with van der Waals surface area (Å²) in [5.41, 5.74) is 0.330. The van der Waals surface area contributed by atoms with Crippen LogP contribution in [0.1, 0.15) is 36.5 Å². The predicted molar refractivity (Wildman–Crippen MR) is 76.7 cm³/mol. The van der Waals surface area contributed by atoms with Crippen LogP contribution in [0.3, 0.4) is 0 Å². The highest BCUT2D eigenvalue weighted by molar-refractivity contribution is 5.88. The second-order valence-corrected chi connectivity index (χ2v) is 5.33. The molecule has 20 heavy (non-hydrogen) atoms. The number of hydrogen-bond donors (Lipinski definition) is 2. The van der Waals surface area contributed by atoms with E-state index in [0.29, 0.717) is 18.3 Å². The third-order valence-electron chi connectivity index (χ3n) is 3.82. The van der Waals surface area contributed by atoms with Crippen LogP contribution in [0.2, 0.25) is 0 Å². The summed E-state index contributed by atoms with van der Waals surface area (Å²) >= 11 is 0. The van der Waals surface area contributed by atoms with E-state index in [0.717, 1.165) is 19.2 Å². The standard InChI is InChI=1S/C15H21FN2O2/c1-11(18-7-3-2-4-8-18)10-17-14-6-5-12(15(19)20)9-13(14)16/h5-6,9,11,17H,2-4,7-8,10H2,1H3,(H,19,20). The van der Waals surface area contributed by atoms with Crippen LogP contribution in [-0.2, 0) is 0 Å². The summed E-state index contributed by atoms with van der Waals surface area (Å²) in [6.45, 7) is 4.98. The Kier molecular flexibility index (Phi) is 4.95. The molecular formula is C15H21FN2O2. The Labute approximate surface area is 118 Å². The zero-order valence-corrected chi connectivity index (χ0v) is 11.7. The molecule has 2 N–H and O–H groups in total. The molecule has 1 aliphatic rings. The summed E-state index contributed by atoms with van der Waals surface area (Å²) < 4.78 is 13.8. The molecule has 1 unspecified atom stereocenters. The lowest BCUT2D eigenvalue weighted by atomic mass is 10.1. The molecule has 1 aromatic carbocycles. The minimum atomic E-state index is -1.11. The molecule has 1 atom stereocenters. The van der Waals surface area contributed by atoms with E-state index in [1.54, 1.807) is 0 Å². The first-order valence-electron chi connectivity index (χ1n) is 7.08. The molecule has 0 radical (unpaired) electrons. The fraction of sp³-hybridized carbons (Fsp3) is 0.533. The first-order chi connectivity index (χ1) is 9.58. The van der Waals surface area contributed by atoms with E-state index >= 15 is 0 Å². The van der Waals surface area contributed by atoms with Crippen LogP contribution in [0, 0.1) is 5.82 Å². The number of hydrogen-bond acceptors (Lipinski definition) is 3. The molecule has 110 valence electrons. The molecule has 4 nitrogen and oxygen atoms in total. The Morgan fingerprint density at radius 3 is 2.70 bits per heavy atom. The van der Waals surface area contributed by atoms with Gasteiger partial charge in [0.25, 0.3) is 0 Å². The van der Waals surface area contributed by atoms with Crippen LogP contribution in [0.25, 0.3) is 0 Å². The van der Waals surface area contributed by atoms with Crippen molar-refractivity contribution in [3.63, 3.8) is 0 Å². The van der Waals surface area contributed by atoms with Gasteiger partial charge in [-0.1, -0.05) is 6.42 Å². The molecule has 1 aromatic rings. The number of halogens is 1. The van der Waals surface area contributed by atoms with Crippen molar-refractivity contribution in [2.24, 2.45) is 0 Å². The average Bonchev–Trinajstić information content (AvgIpc) is 2.46. The number of carboxylic acid groups (broad SMARTS) is 1. The van der Waals surface area contributed by atoms with Gasteiger partial charge in [0.2, 0.25) is 0 Å². The zero-order chi connectivity index (χ0) is 14.5. The average molecular weight is 280 g/mol. The van der Waals surface area contributed by atoms with Gasteiger partial charge in [0.1, 0.15) is 5.82 Å². The Balaban J connectivity index is 1.91. The maximum absolute atomic E-state index is 13.8. The lowest BCUT2D eigenvalue weighted by Gasteiger charge is -2.32. The van der Waals surface area contributed by atoms with Crippen molar-refractivity contribution in [1.82, 2.24) is 4.90 Å². The predicted octanol–water partition coefficient (Wildman–Crippen LogP) is 2.81. The van der Waals surface area contributed by atoms with Crippen molar-refractivity contribution in [1.29, 1.82) is 0 Å². The SMILES string of the molecule is CC(CNc1ccc(C(=O)O)cc1F)N1CCCCC1. The second kappa shape index (κ2) is 6.70. The lowest BCUT2D eigenvalue weighted by molar-refractivity contribution is 0.0696. The van der Waals surface area contributed by atoms with Gasteiger partial charge in [0.15, 0.2) is 0 Å². The third kappa shape index (κ3) is 3.70. The number of carboxylic acids is 1. The molecule has 1 aliphatic heterocycles. The van der Waals surface area contributed by atoms with Crippen LogP contribution in [0.15, 0.2) is 18.2 Å². The summed E-state index contributed by atoms with van der Waals surface area (Å²) in [5, 5.41) is 11.9. The maximum Gasteiger partial charge on any atom is 0.335 e. The summed E-state index contributed by atoms with van der Waals surface area (Å²) in [6, 6.07) is 4.30. The number of carbonyl (C=O) groups is 1. The van der Waals surface area contributed by atoms with Gasteiger partial charge >= 0.3 is 5.97 Å². The van der Waals surface area contributed by atoms with E-state index in [9.17, 15) is 9.18 Å². The van der Waals surface area contributed by atoms with Crippen molar-refractivity contribution in [2.45, 2.75) is 32.2 Å². The molecule has 0 spiro atoms. The van der Waals surface area contributed by atoms with Gasteiger partial charge in [-0.25, -0.2) is 9.18 Å². The van der Waals surface area contributed by atoms with Gasteiger partial charge in [0, 0.05) is 12.6 Å². The van der Waals surface area contributed by atoms with E-state index in [2.05, 4.69) is 17.1 Å². The topological polar surface area (TPSA) is 52.6 Å². The van der Waals surface area contributed by atoms with Crippen LogP contribution in [0.5, 0.6) is 0 Å². The van der Waals surface area contributed by atoms with Crippen LogP contribution < -0.4 is 5.32 Å². The fourth-order valence-corrected chi connectivity index (χ4v) is 2.54. The monoisotopic (exact) mass is 280 g/mol. The first-order valence-corrected chi connectivity index (χ1v) is 7.08. The third-order valence-corrected chi connectivity index (χ3v) is 3.82. The number of likely N-dealkylation sites (tertiary alicyclic amines) is 1. The van der Waals surface area contributed by atoms with Gasteiger partial charge in [-0.2, -0.15) is 0 Å². The summed E-state index contributed by atoms with van der Waals surface area (Å²) in [5.74, 6) is -1.63. The van der Waals surface area contributed by atoms with Gasteiger partial charge in [0.05, 0.1) is 11.3 Å². The van der Waals surface area contributed by atoms with Gasteiger partial charge in [-0.15, -0.1) is 0 Å². The molecular weight excluding hydrogens is 259 g/mol. The van der Waals surface area contributed by atoms with E-state index in [1.807, 2.05) is 0 Å². The number of anilines is 1. The highest BCUT2D eigenvalue weighted by atomic mass is 19.1. The molecule has 5 heteroatoms. The molecule has 0 amide bonds. The maximum atomic E-state index is 13.8. The van der Waals surface area contributed by atoms with E-state index < -0.39 is 11.8 Å². The number of nitrogens with one attached hydrogen (secondary N) is 1. The van der Waals surface area contributed by atoms with Crippen molar-refractivity contribution < 1.29 is 14.3 Å². The molecule has 0 aliphatic carbocycles. The summed E-state index contributed by atoms with van der Waals surface area (Å²) in [4.78, 5) is 13.1. The Hall–Kier alpha value is -1.62. The molecule has 0 saturated carbocycles. The number of rotatable bonds is 5. The second-order valence-electron chi connectivity index (χ2n) is 5.33. The van der Waals surface area contributed by atoms with Gasteiger partial charge in [-0.3, -0.25) is 4.90 Å². The zero-order valence-electron chi connectivity index (χ0n) is 11.7. The number of nitrogens with zero attached hydrogens (tertiary/aromatic N) is 1. The normalized spacial score (nSPS) is 17.7. The molecule has 0 aromatic heterocycles. The van der Waals surface area contributed by atoms with Crippen LogP contribution in [-0.4, -0.2) is 41.7 Å². The minimum absolute atomic E-state index is 0.0304. The molecule has 1 heterocycles. The van der Waals surface area contributed by atoms with Gasteiger partial charge < -0.3 is 10.4 Å². The highest BCUT2D eigenvalue weighted by Crippen LogP contribution is 2.17. The van der Waals surface area contributed by atoms with Crippen LogP contribution in [0.4, 0.5) is 10.1 Å².